The Morgan fingerprint density at radius 3 is 2.09 bits per heavy atom. The van der Waals surface area contributed by atoms with Gasteiger partial charge in [-0.15, -0.1) is 0 Å². The van der Waals surface area contributed by atoms with Crippen molar-refractivity contribution in [3.8, 4) is 0 Å². The fraction of sp³-hybridized carbons (Fsp3) is 0.194. The molecule has 4 N–H and O–H groups in total. The van der Waals surface area contributed by atoms with Gasteiger partial charge >= 0.3 is 41.8 Å². The standard InChI is InChI=1S/C31H18O14/c32-22(33)25(38)43-18-11-16-7-3-13-2-6-15-9-8-14-5-1-12-4-10-17(18)20-19(12)30(14,44-26(39)23(34)35)31(15,45-27(40)24(36)37)21(13)29(16,20)28(41)42/h1,3-8,10-11,21H,2,9H2,(H,32,33)(H,34,35)(H,36,37)(H,41,42). The third-order valence-corrected chi connectivity index (χ3v) is 9.22. The van der Waals surface area contributed by atoms with Crippen molar-refractivity contribution in [3.05, 3.63) is 93.1 Å². The summed E-state index contributed by atoms with van der Waals surface area (Å²) >= 11 is 0. The van der Waals surface area contributed by atoms with E-state index < -0.39 is 64.3 Å². The van der Waals surface area contributed by atoms with Gasteiger partial charge in [0.2, 0.25) is 5.60 Å². The van der Waals surface area contributed by atoms with Gasteiger partial charge in [0.1, 0.15) is 11.2 Å². The Morgan fingerprint density at radius 1 is 0.733 bits per heavy atom. The summed E-state index contributed by atoms with van der Waals surface area (Å²) in [5, 5.41) is 39.9. The van der Waals surface area contributed by atoms with Gasteiger partial charge in [-0.25, -0.2) is 28.8 Å². The molecule has 14 nitrogen and oxygen atoms in total. The number of carbonyl (C=O) groups is 7. The molecule has 1 aromatic carbocycles. The molecule has 7 rings (SSSR count). The van der Waals surface area contributed by atoms with E-state index in [1.54, 1.807) is 12.2 Å². The number of aliphatic carboxylic acids is 4. The summed E-state index contributed by atoms with van der Waals surface area (Å²) in [5.74, 6) is -14.7. The van der Waals surface area contributed by atoms with Crippen LogP contribution in [0.5, 0.6) is 0 Å². The number of carboxylic acids is 4. The fourth-order valence-corrected chi connectivity index (χ4v) is 7.89. The molecular weight excluding hydrogens is 596 g/mol. The average Bonchev–Trinajstić information content (AvgIpc) is 2.99. The van der Waals surface area contributed by atoms with Gasteiger partial charge in [0, 0.05) is 16.7 Å². The largest absolute Gasteiger partial charge is 0.480 e. The molecule has 0 aromatic heterocycles. The second-order valence-corrected chi connectivity index (χ2v) is 11.0. The SMILES string of the molecule is O=C(O)C(=O)OC1=CC2=CC=C3CC=C4CC=C5C=Cc6ccc1c1c6C5(OC(=O)C(=O)O)C4(OC(=O)C(=O)O)C3C21C(=O)O. The van der Waals surface area contributed by atoms with Crippen LogP contribution in [0.3, 0.4) is 0 Å². The van der Waals surface area contributed by atoms with E-state index in [0.717, 1.165) is 6.08 Å². The van der Waals surface area contributed by atoms with E-state index in [9.17, 15) is 54.0 Å². The molecule has 14 heteroatoms. The summed E-state index contributed by atoms with van der Waals surface area (Å²) in [7, 11) is 0. The molecule has 6 aliphatic carbocycles. The van der Waals surface area contributed by atoms with Crippen LogP contribution in [0.25, 0.3) is 11.8 Å². The highest BCUT2D eigenvalue weighted by Gasteiger charge is 2.80. The molecule has 0 bridgehead atoms. The maximum absolute atomic E-state index is 13.9. The first kappa shape index (κ1) is 27.8. The van der Waals surface area contributed by atoms with Crippen molar-refractivity contribution < 1.29 is 68.2 Å². The highest BCUT2D eigenvalue weighted by atomic mass is 16.6. The Morgan fingerprint density at radius 2 is 1.42 bits per heavy atom. The number of benzene rings is 1. The monoisotopic (exact) mass is 614 g/mol. The Kier molecular flexibility index (Phi) is 5.40. The van der Waals surface area contributed by atoms with E-state index >= 15 is 0 Å². The average molecular weight is 614 g/mol. The summed E-state index contributed by atoms with van der Waals surface area (Å²) in [6.45, 7) is 0. The van der Waals surface area contributed by atoms with Gasteiger partial charge in [0.05, 0.1) is 5.92 Å². The van der Waals surface area contributed by atoms with Crippen molar-refractivity contribution in [2.45, 2.75) is 29.5 Å². The minimum absolute atomic E-state index is 0.0147. The van der Waals surface area contributed by atoms with Crippen molar-refractivity contribution in [2.24, 2.45) is 5.92 Å². The molecule has 4 unspecified atom stereocenters. The normalized spacial score (nSPS) is 28.5. The van der Waals surface area contributed by atoms with Crippen LogP contribution < -0.4 is 0 Å². The number of ether oxygens (including phenoxy) is 3. The van der Waals surface area contributed by atoms with E-state index in [-0.39, 0.29) is 57.6 Å². The zero-order valence-corrected chi connectivity index (χ0v) is 22.6. The fourth-order valence-electron chi connectivity index (χ4n) is 7.89. The lowest BCUT2D eigenvalue weighted by Gasteiger charge is -2.66. The van der Waals surface area contributed by atoms with E-state index in [4.69, 9.17) is 14.2 Å². The highest BCUT2D eigenvalue weighted by molar-refractivity contribution is 6.30. The minimum atomic E-state index is -2.46. The third kappa shape index (κ3) is 3.09. The van der Waals surface area contributed by atoms with Gasteiger partial charge < -0.3 is 34.6 Å². The topological polar surface area (TPSA) is 228 Å². The Bertz CT molecular complexity index is 1970. The van der Waals surface area contributed by atoms with Crippen LogP contribution >= 0.6 is 0 Å². The summed E-state index contributed by atoms with van der Waals surface area (Å²) in [6.07, 6.45) is 10.3. The quantitative estimate of drug-likeness (QED) is 0.163. The van der Waals surface area contributed by atoms with Crippen molar-refractivity contribution >= 4 is 53.6 Å². The number of hydrogen-bond acceptors (Lipinski definition) is 10. The van der Waals surface area contributed by atoms with Gasteiger partial charge in [-0.1, -0.05) is 54.2 Å². The molecule has 226 valence electrons. The first-order valence-corrected chi connectivity index (χ1v) is 13.3. The molecule has 6 aliphatic rings. The zero-order chi connectivity index (χ0) is 32.2. The molecule has 0 saturated carbocycles. The molecule has 0 saturated heterocycles. The van der Waals surface area contributed by atoms with Crippen molar-refractivity contribution in [2.75, 3.05) is 0 Å². The molecule has 45 heavy (non-hydrogen) atoms. The third-order valence-electron chi connectivity index (χ3n) is 9.22. The molecule has 0 radical (unpaired) electrons. The van der Waals surface area contributed by atoms with Gasteiger partial charge in [-0.2, -0.15) is 0 Å². The summed E-state index contributed by atoms with van der Waals surface area (Å²) in [6, 6.07) is 2.79. The number of esters is 3. The first-order valence-electron chi connectivity index (χ1n) is 13.3. The molecule has 0 spiro atoms. The number of rotatable bonds is 4. The van der Waals surface area contributed by atoms with Crippen LogP contribution in [0.15, 0.2) is 70.9 Å². The molecule has 1 aromatic rings. The first-order chi connectivity index (χ1) is 21.3. The van der Waals surface area contributed by atoms with Crippen LogP contribution in [0.2, 0.25) is 0 Å². The number of hydrogen-bond donors (Lipinski definition) is 4. The smallest absolute Gasteiger partial charge is 0.422 e. The van der Waals surface area contributed by atoms with Crippen molar-refractivity contribution in [1.82, 2.24) is 0 Å². The van der Waals surface area contributed by atoms with E-state index in [0.29, 0.717) is 5.57 Å². The minimum Gasteiger partial charge on any atom is -0.480 e. The summed E-state index contributed by atoms with van der Waals surface area (Å²) in [4.78, 5) is 87.8. The lowest BCUT2D eigenvalue weighted by molar-refractivity contribution is -0.224. The number of allylic oxidation sites excluding steroid dienone is 5. The van der Waals surface area contributed by atoms with Crippen molar-refractivity contribution in [3.63, 3.8) is 0 Å². The second kappa shape index (κ2) is 8.75. The van der Waals surface area contributed by atoms with Crippen LogP contribution in [0, 0.1) is 5.92 Å². The molecular formula is C31H18O14. The van der Waals surface area contributed by atoms with Crippen LogP contribution in [0.1, 0.15) is 35.1 Å². The van der Waals surface area contributed by atoms with E-state index in [2.05, 4.69) is 0 Å². The van der Waals surface area contributed by atoms with Gasteiger partial charge in [-0.3, -0.25) is 4.79 Å². The molecule has 0 amide bonds. The maximum Gasteiger partial charge on any atom is 0.422 e. The van der Waals surface area contributed by atoms with E-state index in [1.165, 1.54) is 36.4 Å². The van der Waals surface area contributed by atoms with E-state index in [1.807, 2.05) is 0 Å². The maximum atomic E-state index is 13.9. The second-order valence-electron chi connectivity index (χ2n) is 11.0. The number of carboxylic acid groups (broad SMARTS) is 4. The van der Waals surface area contributed by atoms with Gasteiger partial charge in [-0.05, 0) is 41.2 Å². The highest BCUT2D eigenvalue weighted by Crippen LogP contribution is 2.73. The summed E-state index contributed by atoms with van der Waals surface area (Å²) < 4.78 is 16.9. The van der Waals surface area contributed by atoms with Crippen LogP contribution in [-0.4, -0.2) is 67.8 Å². The predicted molar refractivity (Wildman–Crippen MR) is 143 cm³/mol. The predicted octanol–water partition coefficient (Wildman–Crippen LogP) is 1.36. The Balaban J connectivity index is 1.71. The summed E-state index contributed by atoms with van der Waals surface area (Å²) in [5.41, 5.74) is -6.80. The van der Waals surface area contributed by atoms with Gasteiger partial charge in [0.15, 0.2) is 5.60 Å². The number of carbonyl (C=O) groups excluding carboxylic acids is 3. The van der Waals surface area contributed by atoms with Crippen molar-refractivity contribution in [1.29, 1.82) is 0 Å². The molecule has 0 fully saturated rings. The van der Waals surface area contributed by atoms with Crippen LogP contribution in [0.4, 0.5) is 0 Å². The Labute approximate surface area is 250 Å². The molecule has 0 heterocycles. The lowest BCUT2D eigenvalue weighted by Crippen LogP contribution is -2.75. The zero-order valence-electron chi connectivity index (χ0n) is 22.6. The lowest BCUT2D eigenvalue weighted by atomic mass is 9.39. The molecule has 4 atom stereocenters. The Hall–Kier alpha value is -6.05. The van der Waals surface area contributed by atoms with Gasteiger partial charge in [0.25, 0.3) is 0 Å². The van der Waals surface area contributed by atoms with Crippen LogP contribution in [-0.2, 0) is 58.8 Å². The molecule has 0 aliphatic heterocycles.